The van der Waals surface area contributed by atoms with Crippen LogP contribution in [0.3, 0.4) is 0 Å². The molecule has 0 saturated carbocycles. The van der Waals surface area contributed by atoms with Gasteiger partial charge in [-0.1, -0.05) is 24.1 Å². The van der Waals surface area contributed by atoms with Crippen LogP contribution in [-0.4, -0.2) is 42.5 Å². The number of sulfonamides is 1. The SMILES string of the molecule is CC#CN1Cc2cnn(Cc3cc(OC)c4c(NS(=O)(=O)c5cc(CC)ccc5OC)noc4c3)c2C1. The van der Waals surface area contributed by atoms with E-state index in [1.165, 1.54) is 14.2 Å². The minimum atomic E-state index is -4.03. The number of nitrogens with one attached hydrogen (secondary N) is 1. The monoisotopic (exact) mass is 521 g/mol. The van der Waals surface area contributed by atoms with E-state index in [4.69, 9.17) is 14.0 Å². The van der Waals surface area contributed by atoms with Crippen LogP contribution in [0.15, 0.2) is 45.9 Å². The van der Waals surface area contributed by atoms with Crippen molar-refractivity contribution in [2.45, 2.75) is 44.8 Å². The number of nitrogens with zero attached hydrogens (tertiary/aromatic N) is 4. The van der Waals surface area contributed by atoms with Crippen molar-refractivity contribution in [3.05, 3.63) is 58.9 Å². The van der Waals surface area contributed by atoms with Gasteiger partial charge in [0.1, 0.15) is 21.8 Å². The lowest BCUT2D eigenvalue weighted by Gasteiger charge is -2.12. The Labute approximate surface area is 215 Å². The molecule has 0 atom stereocenters. The Hall–Kier alpha value is -4.17. The van der Waals surface area contributed by atoms with Crippen molar-refractivity contribution in [3.8, 4) is 23.5 Å². The predicted molar refractivity (Wildman–Crippen MR) is 138 cm³/mol. The van der Waals surface area contributed by atoms with E-state index in [0.29, 0.717) is 36.2 Å². The number of hydrogen-bond acceptors (Lipinski definition) is 8. The van der Waals surface area contributed by atoms with Gasteiger partial charge in [-0.2, -0.15) is 5.10 Å². The third kappa shape index (κ3) is 4.56. The molecule has 3 heterocycles. The highest BCUT2D eigenvalue weighted by molar-refractivity contribution is 7.92. The Balaban J connectivity index is 1.47. The summed E-state index contributed by atoms with van der Waals surface area (Å²) in [6, 6.07) is 11.8. The molecule has 192 valence electrons. The van der Waals surface area contributed by atoms with E-state index in [1.807, 2.05) is 47.8 Å². The average Bonchev–Trinajstić information content (AvgIpc) is 3.59. The maximum atomic E-state index is 13.3. The molecule has 0 aliphatic carbocycles. The van der Waals surface area contributed by atoms with Crippen LogP contribution in [0.4, 0.5) is 5.82 Å². The first-order valence-corrected chi connectivity index (χ1v) is 13.2. The molecular weight excluding hydrogens is 494 g/mol. The molecule has 1 aliphatic heterocycles. The summed E-state index contributed by atoms with van der Waals surface area (Å²) in [5.74, 6) is 3.64. The molecule has 0 fully saturated rings. The first kappa shape index (κ1) is 24.5. The van der Waals surface area contributed by atoms with E-state index in [2.05, 4.69) is 26.9 Å². The fourth-order valence-corrected chi connectivity index (χ4v) is 5.73. The van der Waals surface area contributed by atoms with E-state index in [-0.39, 0.29) is 16.5 Å². The zero-order valence-electron chi connectivity index (χ0n) is 21.0. The van der Waals surface area contributed by atoms with E-state index in [1.54, 1.807) is 12.1 Å². The number of aromatic nitrogens is 3. The van der Waals surface area contributed by atoms with Gasteiger partial charge in [0, 0.05) is 11.6 Å². The summed E-state index contributed by atoms with van der Waals surface area (Å²) in [7, 11) is -1.08. The fourth-order valence-electron chi connectivity index (χ4n) is 4.50. The second-order valence-electron chi connectivity index (χ2n) is 8.64. The first-order chi connectivity index (χ1) is 17.9. The van der Waals surface area contributed by atoms with Gasteiger partial charge in [-0.05, 0) is 48.7 Å². The van der Waals surface area contributed by atoms with Gasteiger partial charge in [0.05, 0.1) is 45.7 Å². The van der Waals surface area contributed by atoms with Crippen LogP contribution in [0.5, 0.6) is 11.5 Å². The molecule has 37 heavy (non-hydrogen) atoms. The van der Waals surface area contributed by atoms with Crippen molar-refractivity contribution in [1.82, 2.24) is 19.8 Å². The van der Waals surface area contributed by atoms with Crippen molar-refractivity contribution in [3.63, 3.8) is 0 Å². The lowest BCUT2D eigenvalue weighted by Crippen LogP contribution is -2.15. The van der Waals surface area contributed by atoms with Crippen LogP contribution in [0.1, 0.15) is 36.2 Å². The summed E-state index contributed by atoms with van der Waals surface area (Å²) in [4.78, 5) is 2.07. The molecule has 2 aromatic heterocycles. The van der Waals surface area contributed by atoms with E-state index >= 15 is 0 Å². The predicted octanol–water partition coefficient (Wildman–Crippen LogP) is 3.75. The first-order valence-electron chi connectivity index (χ1n) is 11.7. The number of rotatable bonds is 8. The minimum absolute atomic E-state index is 0.0235. The maximum Gasteiger partial charge on any atom is 0.266 e. The Bertz CT molecular complexity index is 1640. The van der Waals surface area contributed by atoms with Crippen LogP contribution in [0, 0.1) is 12.0 Å². The minimum Gasteiger partial charge on any atom is -0.496 e. The van der Waals surface area contributed by atoms with Crippen molar-refractivity contribution < 1.29 is 22.4 Å². The van der Waals surface area contributed by atoms with Crippen molar-refractivity contribution >= 4 is 26.8 Å². The summed E-state index contributed by atoms with van der Waals surface area (Å²) in [6.45, 7) is 5.70. The molecule has 0 unspecified atom stereocenters. The zero-order chi connectivity index (χ0) is 26.2. The Morgan fingerprint density at radius 1 is 1.11 bits per heavy atom. The highest BCUT2D eigenvalue weighted by Crippen LogP contribution is 2.36. The molecule has 4 aromatic rings. The molecule has 2 aromatic carbocycles. The number of anilines is 1. The van der Waals surface area contributed by atoms with Gasteiger partial charge in [0.2, 0.25) is 0 Å². The van der Waals surface area contributed by atoms with Gasteiger partial charge in [0.25, 0.3) is 10.0 Å². The molecule has 5 rings (SSSR count). The maximum absolute atomic E-state index is 13.3. The molecule has 0 radical (unpaired) electrons. The Morgan fingerprint density at radius 2 is 1.92 bits per heavy atom. The van der Waals surface area contributed by atoms with Crippen LogP contribution in [-0.2, 0) is 36.1 Å². The summed E-state index contributed by atoms with van der Waals surface area (Å²) in [5, 5.41) is 8.97. The number of aryl methyl sites for hydroxylation is 1. The van der Waals surface area contributed by atoms with Gasteiger partial charge in [-0.15, -0.1) is 0 Å². The fraction of sp³-hybridized carbons (Fsp3) is 0.308. The third-order valence-corrected chi connectivity index (χ3v) is 7.67. The molecular formula is C26H27N5O5S. The Kier molecular flexibility index (Phi) is 6.43. The molecule has 1 N–H and O–H groups in total. The highest BCUT2D eigenvalue weighted by Gasteiger charge is 2.26. The molecule has 0 saturated heterocycles. The number of fused-ring (bicyclic) bond motifs is 2. The van der Waals surface area contributed by atoms with Crippen LogP contribution in [0.2, 0.25) is 0 Å². The molecule has 1 aliphatic rings. The van der Waals surface area contributed by atoms with Gasteiger partial charge >= 0.3 is 0 Å². The molecule has 0 spiro atoms. The quantitative estimate of drug-likeness (QED) is 0.349. The topological polar surface area (TPSA) is 112 Å². The smallest absolute Gasteiger partial charge is 0.266 e. The molecule has 0 bridgehead atoms. The van der Waals surface area contributed by atoms with Crippen LogP contribution >= 0.6 is 0 Å². The number of benzene rings is 2. The highest BCUT2D eigenvalue weighted by atomic mass is 32.2. The van der Waals surface area contributed by atoms with Crippen molar-refractivity contribution in [2.24, 2.45) is 0 Å². The van der Waals surface area contributed by atoms with Gasteiger partial charge in [0.15, 0.2) is 11.4 Å². The van der Waals surface area contributed by atoms with Crippen molar-refractivity contribution in [1.29, 1.82) is 0 Å². The summed E-state index contributed by atoms with van der Waals surface area (Å²) in [6.07, 6.45) is 2.55. The number of hydrogen-bond donors (Lipinski definition) is 1. The van der Waals surface area contributed by atoms with E-state index < -0.39 is 10.0 Å². The second kappa shape index (κ2) is 9.71. The van der Waals surface area contributed by atoms with Gasteiger partial charge in [-0.3, -0.25) is 9.40 Å². The average molecular weight is 522 g/mol. The lowest BCUT2D eigenvalue weighted by molar-refractivity contribution is 0.402. The summed E-state index contributed by atoms with van der Waals surface area (Å²) in [5.41, 5.74) is 4.39. The second-order valence-corrected chi connectivity index (χ2v) is 10.3. The number of methoxy groups -OCH3 is 2. The molecule has 0 amide bonds. The largest absolute Gasteiger partial charge is 0.496 e. The molecule has 10 nitrogen and oxygen atoms in total. The van der Waals surface area contributed by atoms with Gasteiger partial charge in [-0.25, -0.2) is 8.42 Å². The van der Waals surface area contributed by atoms with Crippen LogP contribution in [0.25, 0.3) is 11.0 Å². The Morgan fingerprint density at radius 3 is 2.65 bits per heavy atom. The standard InChI is InChI=1S/C26H27N5O5S/c1-5-9-30-15-19-13-27-31(20(19)16-30)14-18-10-22(35-4)25-23(11-18)36-28-26(25)29-37(32,33)24-12-17(6-2)7-8-21(24)34-3/h7-8,10-13H,6,14-16H2,1-4H3,(H,28,29). The number of ether oxygens (including phenoxy) is 2. The van der Waals surface area contributed by atoms with Crippen molar-refractivity contribution in [2.75, 3.05) is 18.9 Å². The van der Waals surface area contributed by atoms with Crippen LogP contribution < -0.4 is 14.2 Å². The third-order valence-electron chi connectivity index (χ3n) is 6.31. The van der Waals surface area contributed by atoms with E-state index in [0.717, 1.165) is 28.9 Å². The lowest BCUT2D eigenvalue weighted by atomic mass is 10.1. The normalized spacial score (nSPS) is 12.8. The summed E-state index contributed by atoms with van der Waals surface area (Å²) < 4.78 is 47.5. The molecule has 11 heteroatoms. The summed E-state index contributed by atoms with van der Waals surface area (Å²) >= 11 is 0. The zero-order valence-corrected chi connectivity index (χ0v) is 21.8. The van der Waals surface area contributed by atoms with E-state index in [9.17, 15) is 8.42 Å². The van der Waals surface area contributed by atoms with Gasteiger partial charge < -0.3 is 18.9 Å².